The summed E-state index contributed by atoms with van der Waals surface area (Å²) in [6.07, 6.45) is 0. The molecular weight excluding hydrogens is 147 g/mol. The third kappa shape index (κ3) is 6.26. The zero-order chi connectivity index (χ0) is 9.12. The standard InChI is InChI=1S/C8H17FO2/c1-7(2,9)6-11-8(3,4)5-10/h10H,5-6H2,1-4H3. The van der Waals surface area contributed by atoms with E-state index in [4.69, 9.17) is 9.84 Å². The minimum Gasteiger partial charge on any atom is -0.393 e. The molecule has 0 aliphatic heterocycles. The maximum absolute atomic E-state index is 12.8. The zero-order valence-electron chi connectivity index (χ0n) is 7.65. The van der Waals surface area contributed by atoms with E-state index in [-0.39, 0.29) is 13.2 Å². The van der Waals surface area contributed by atoms with Crippen LogP contribution in [0.15, 0.2) is 0 Å². The van der Waals surface area contributed by atoms with E-state index in [1.54, 1.807) is 13.8 Å². The van der Waals surface area contributed by atoms with Gasteiger partial charge in [0.15, 0.2) is 0 Å². The van der Waals surface area contributed by atoms with Crippen LogP contribution in [0, 0.1) is 0 Å². The van der Waals surface area contributed by atoms with Crippen molar-refractivity contribution >= 4 is 0 Å². The second kappa shape index (κ2) is 3.50. The van der Waals surface area contributed by atoms with Crippen molar-refractivity contribution in [3.63, 3.8) is 0 Å². The molecule has 0 spiro atoms. The van der Waals surface area contributed by atoms with Crippen LogP contribution in [-0.4, -0.2) is 29.6 Å². The fourth-order valence-electron chi connectivity index (χ4n) is 0.413. The highest BCUT2D eigenvalue weighted by Gasteiger charge is 2.23. The summed E-state index contributed by atoms with van der Waals surface area (Å²) in [4.78, 5) is 0. The van der Waals surface area contributed by atoms with Gasteiger partial charge in [0.05, 0.1) is 18.8 Å². The molecule has 0 amide bonds. The highest BCUT2D eigenvalue weighted by molar-refractivity contribution is 4.71. The SMILES string of the molecule is CC(C)(F)COC(C)(C)CO. The van der Waals surface area contributed by atoms with Gasteiger partial charge in [-0.2, -0.15) is 0 Å². The van der Waals surface area contributed by atoms with Crippen LogP contribution in [0.1, 0.15) is 27.7 Å². The van der Waals surface area contributed by atoms with Crippen molar-refractivity contribution in [3.05, 3.63) is 0 Å². The van der Waals surface area contributed by atoms with Crippen molar-refractivity contribution in [3.8, 4) is 0 Å². The summed E-state index contributed by atoms with van der Waals surface area (Å²) >= 11 is 0. The van der Waals surface area contributed by atoms with Crippen molar-refractivity contribution in [2.24, 2.45) is 0 Å². The molecule has 0 rings (SSSR count). The Labute approximate surface area is 67.4 Å². The van der Waals surface area contributed by atoms with Gasteiger partial charge >= 0.3 is 0 Å². The minimum atomic E-state index is -1.33. The summed E-state index contributed by atoms with van der Waals surface area (Å²) in [6, 6.07) is 0. The zero-order valence-corrected chi connectivity index (χ0v) is 7.65. The first-order valence-electron chi connectivity index (χ1n) is 3.71. The van der Waals surface area contributed by atoms with E-state index in [0.717, 1.165) is 0 Å². The minimum absolute atomic E-state index is 0.0144. The number of alkyl halides is 1. The van der Waals surface area contributed by atoms with E-state index in [0.29, 0.717) is 0 Å². The number of hydrogen-bond acceptors (Lipinski definition) is 2. The molecule has 0 radical (unpaired) electrons. The Morgan fingerprint density at radius 2 is 1.73 bits per heavy atom. The van der Waals surface area contributed by atoms with E-state index in [1.165, 1.54) is 13.8 Å². The summed E-state index contributed by atoms with van der Waals surface area (Å²) in [5, 5.41) is 8.74. The van der Waals surface area contributed by atoms with Crippen LogP contribution in [0.2, 0.25) is 0 Å². The summed E-state index contributed by atoms with van der Waals surface area (Å²) < 4.78 is 18.0. The molecule has 0 unspecified atom stereocenters. The first kappa shape index (κ1) is 10.8. The van der Waals surface area contributed by atoms with E-state index in [9.17, 15) is 4.39 Å². The van der Waals surface area contributed by atoms with Crippen molar-refractivity contribution in [1.82, 2.24) is 0 Å². The molecule has 2 nitrogen and oxygen atoms in total. The second-order valence-electron chi connectivity index (χ2n) is 3.93. The lowest BCUT2D eigenvalue weighted by Gasteiger charge is -2.25. The molecule has 3 heteroatoms. The third-order valence-electron chi connectivity index (χ3n) is 1.19. The van der Waals surface area contributed by atoms with Gasteiger partial charge in [0.2, 0.25) is 0 Å². The quantitative estimate of drug-likeness (QED) is 0.682. The van der Waals surface area contributed by atoms with Gasteiger partial charge in [-0.3, -0.25) is 0 Å². The molecule has 68 valence electrons. The second-order valence-corrected chi connectivity index (χ2v) is 3.93. The molecule has 0 atom stereocenters. The Balaban J connectivity index is 3.70. The van der Waals surface area contributed by atoms with Crippen molar-refractivity contribution in [2.45, 2.75) is 39.0 Å². The van der Waals surface area contributed by atoms with Gasteiger partial charge in [-0.1, -0.05) is 0 Å². The van der Waals surface area contributed by atoms with Gasteiger partial charge in [0.1, 0.15) is 5.67 Å². The van der Waals surface area contributed by atoms with Gasteiger partial charge in [0, 0.05) is 0 Å². The fourth-order valence-corrected chi connectivity index (χ4v) is 0.413. The Bertz CT molecular complexity index is 116. The Morgan fingerprint density at radius 3 is 2.00 bits per heavy atom. The first-order chi connectivity index (χ1) is 4.77. The van der Waals surface area contributed by atoms with E-state index < -0.39 is 11.3 Å². The molecule has 0 saturated heterocycles. The van der Waals surface area contributed by atoms with Gasteiger partial charge in [-0.25, -0.2) is 4.39 Å². The largest absolute Gasteiger partial charge is 0.393 e. The van der Waals surface area contributed by atoms with Crippen molar-refractivity contribution in [1.29, 1.82) is 0 Å². The first-order valence-corrected chi connectivity index (χ1v) is 3.71. The highest BCUT2D eigenvalue weighted by Crippen LogP contribution is 2.14. The molecule has 0 aliphatic rings. The number of rotatable bonds is 4. The molecule has 0 saturated carbocycles. The highest BCUT2D eigenvalue weighted by atomic mass is 19.1. The van der Waals surface area contributed by atoms with Crippen LogP contribution in [0.3, 0.4) is 0 Å². The number of hydrogen-bond donors (Lipinski definition) is 1. The average molecular weight is 164 g/mol. The predicted octanol–water partition coefficient (Wildman–Crippen LogP) is 1.52. The molecule has 1 N–H and O–H groups in total. The maximum Gasteiger partial charge on any atom is 0.128 e. The van der Waals surface area contributed by atoms with E-state index >= 15 is 0 Å². The molecule has 0 bridgehead atoms. The predicted molar refractivity (Wildman–Crippen MR) is 42.3 cm³/mol. The Morgan fingerprint density at radius 1 is 1.27 bits per heavy atom. The van der Waals surface area contributed by atoms with Gasteiger partial charge in [-0.15, -0.1) is 0 Å². The third-order valence-corrected chi connectivity index (χ3v) is 1.19. The van der Waals surface area contributed by atoms with Crippen LogP contribution < -0.4 is 0 Å². The number of halogens is 1. The molecule has 0 heterocycles. The van der Waals surface area contributed by atoms with Crippen molar-refractivity contribution in [2.75, 3.05) is 13.2 Å². The summed E-state index contributed by atoms with van der Waals surface area (Å²) in [5.41, 5.74) is -1.96. The summed E-state index contributed by atoms with van der Waals surface area (Å²) in [5.74, 6) is 0. The van der Waals surface area contributed by atoms with Crippen LogP contribution >= 0.6 is 0 Å². The topological polar surface area (TPSA) is 29.5 Å². The lowest BCUT2D eigenvalue weighted by Crippen LogP contribution is -2.34. The van der Waals surface area contributed by atoms with Crippen LogP contribution in [0.4, 0.5) is 4.39 Å². The smallest absolute Gasteiger partial charge is 0.128 e. The van der Waals surface area contributed by atoms with Crippen molar-refractivity contribution < 1.29 is 14.2 Å². The normalized spacial score (nSPS) is 13.6. The molecule has 0 fully saturated rings. The molecule has 0 aromatic carbocycles. The summed E-state index contributed by atoms with van der Waals surface area (Å²) in [6.45, 7) is 6.25. The lowest BCUT2D eigenvalue weighted by molar-refractivity contribution is -0.0878. The van der Waals surface area contributed by atoms with Crippen LogP contribution in [0.5, 0.6) is 0 Å². The van der Waals surface area contributed by atoms with Gasteiger partial charge < -0.3 is 9.84 Å². The van der Waals surface area contributed by atoms with E-state index in [2.05, 4.69) is 0 Å². The molecular formula is C8H17FO2. The number of aliphatic hydroxyl groups excluding tert-OH is 1. The van der Waals surface area contributed by atoms with Gasteiger partial charge in [0.25, 0.3) is 0 Å². The molecule has 0 aromatic heterocycles. The average Bonchev–Trinajstić information content (AvgIpc) is 1.83. The molecule has 0 aromatic rings. The summed E-state index contributed by atoms with van der Waals surface area (Å²) in [7, 11) is 0. The maximum atomic E-state index is 12.8. The van der Waals surface area contributed by atoms with Crippen LogP contribution in [-0.2, 0) is 4.74 Å². The van der Waals surface area contributed by atoms with E-state index in [1.807, 2.05) is 0 Å². The Hall–Kier alpha value is -0.150. The van der Waals surface area contributed by atoms with Gasteiger partial charge in [-0.05, 0) is 27.7 Å². The lowest BCUT2D eigenvalue weighted by atomic mass is 10.1. The fraction of sp³-hybridized carbons (Fsp3) is 1.00. The number of ether oxygens (including phenoxy) is 1. The Kier molecular flexibility index (Phi) is 3.45. The van der Waals surface area contributed by atoms with Crippen LogP contribution in [0.25, 0.3) is 0 Å². The molecule has 0 aliphatic carbocycles. The monoisotopic (exact) mass is 164 g/mol. The molecule has 11 heavy (non-hydrogen) atoms. The number of aliphatic hydroxyl groups is 1.